The van der Waals surface area contributed by atoms with Gasteiger partial charge in [-0.25, -0.2) is 15.0 Å². The van der Waals surface area contributed by atoms with Gasteiger partial charge < -0.3 is 57.4 Å². The third kappa shape index (κ3) is 19.3. The Morgan fingerprint density at radius 2 is 0.750 bits per heavy atom. The molecule has 0 atom stereocenters. The van der Waals surface area contributed by atoms with Gasteiger partial charge >= 0.3 is 0 Å². The molecule has 488 valence electrons. The number of aromatic nitrogens is 3. The van der Waals surface area contributed by atoms with Gasteiger partial charge in [-0.3, -0.25) is 39.6 Å². The number of hydrogen-bond acceptors (Lipinski definition) is 14. The third-order valence-corrected chi connectivity index (χ3v) is 16.1. The zero-order valence-electron chi connectivity index (χ0n) is 50.1. The highest BCUT2D eigenvalue weighted by molar-refractivity contribution is 9.10. The van der Waals surface area contributed by atoms with Crippen molar-refractivity contribution in [2.24, 2.45) is 10.9 Å². The molecule has 2 aliphatic heterocycles. The predicted molar refractivity (Wildman–Crippen MR) is 379 cm³/mol. The van der Waals surface area contributed by atoms with Crippen LogP contribution >= 0.6 is 78.3 Å². The molecular weight excluding hydrogens is 1440 g/mol. The Hall–Kier alpha value is -10.1. The van der Waals surface area contributed by atoms with E-state index in [2.05, 4.69) is 83.9 Å². The number of nitrogens with one attached hydrogen (secondary N) is 8. The summed E-state index contributed by atoms with van der Waals surface area (Å²) in [6.45, 7) is 4.29. The number of anilines is 6. The quantitative estimate of drug-likeness (QED) is 0.0197. The lowest BCUT2D eigenvalue weighted by Gasteiger charge is -2.33. The average Bonchev–Trinajstić information content (AvgIpc) is 0.857. The monoisotopic (exact) mass is 1500 g/mol. The lowest BCUT2D eigenvalue weighted by molar-refractivity contribution is 0.0680. The molecule has 2 aliphatic rings. The normalized spacial score (nSPS) is 12.4. The summed E-state index contributed by atoms with van der Waals surface area (Å²) in [5, 5.41) is 46.0. The number of morpholine rings is 1. The van der Waals surface area contributed by atoms with E-state index in [0.29, 0.717) is 115 Å². The zero-order valence-corrected chi connectivity index (χ0v) is 56.3. The predicted octanol–water partition coefficient (Wildman–Crippen LogP) is 13.7. The van der Waals surface area contributed by atoms with Gasteiger partial charge in [0.05, 0.1) is 52.0 Å². The van der Waals surface area contributed by atoms with Crippen LogP contribution in [0, 0.1) is 10.8 Å². The van der Waals surface area contributed by atoms with Gasteiger partial charge in [-0.2, -0.15) is 0 Å². The van der Waals surface area contributed by atoms with Crippen molar-refractivity contribution in [2.45, 2.75) is 6.42 Å². The number of ether oxygens (including phenoxy) is 1. The highest BCUT2D eigenvalue weighted by Gasteiger charge is 2.23. The van der Waals surface area contributed by atoms with E-state index in [1.165, 1.54) is 42.6 Å². The van der Waals surface area contributed by atoms with Crippen molar-refractivity contribution in [3.05, 3.63) is 261 Å². The van der Waals surface area contributed by atoms with Gasteiger partial charge in [0, 0.05) is 102 Å². The molecule has 23 nitrogen and oxygen atoms in total. The van der Waals surface area contributed by atoms with E-state index in [1.54, 1.807) is 140 Å². The highest BCUT2D eigenvalue weighted by Crippen LogP contribution is 2.28. The van der Waals surface area contributed by atoms with Crippen LogP contribution in [-0.4, -0.2) is 122 Å². The third-order valence-electron chi connectivity index (χ3n) is 14.2. The highest BCUT2D eigenvalue weighted by atomic mass is 79.9. The molecule has 5 heterocycles. The van der Waals surface area contributed by atoms with Crippen LogP contribution in [0.5, 0.6) is 0 Å². The summed E-state index contributed by atoms with van der Waals surface area (Å²) in [7, 11) is 0. The van der Waals surface area contributed by atoms with Crippen molar-refractivity contribution >= 4 is 166 Å². The first kappa shape index (κ1) is 70.2. The van der Waals surface area contributed by atoms with E-state index in [1.807, 2.05) is 9.80 Å². The number of nitrogens with two attached hydrogens (primary N) is 1. The van der Waals surface area contributed by atoms with Crippen molar-refractivity contribution in [3.63, 3.8) is 0 Å². The number of carbonyl (C=O) groups is 6. The molecule has 0 spiro atoms. The molecule has 0 bridgehead atoms. The second-order valence-corrected chi connectivity index (χ2v) is 24.3. The Kier molecular flexibility index (Phi) is 24.4. The van der Waals surface area contributed by atoms with Crippen LogP contribution in [0.4, 0.5) is 34.5 Å². The van der Waals surface area contributed by atoms with E-state index in [0.717, 1.165) is 34.0 Å². The summed E-state index contributed by atoms with van der Waals surface area (Å²) < 4.78 is 6.89. The number of amides is 6. The molecule has 2 saturated heterocycles. The van der Waals surface area contributed by atoms with Crippen molar-refractivity contribution in [2.75, 3.05) is 71.3 Å². The van der Waals surface area contributed by atoms with Crippen LogP contribution in [0.2, 0.25) is 20.1 Å². The Morgan fingerprint density at radius 3 is 1.06 bits per heavy atom. The van der Waals surface area contributed by atoms with E-state index in [-0.39, 0.29) is 40.0 Å². The van der Waals surface area contributed by atoms with Crippen molar-refractivity contribution in [1.29, 1.82) is 10.8 Å². The van der Waals surface area contributed by atoms with Gasteiger partial charge in [0.25, 0.3) is 35.4 Å². The molecule has 0 aliphatic carbocycles. The van der Waals surface area contributed by atoms with E-state index >= 15 is 0 Å². The fraction of sp³-hybridized carbons (Fsp3) is 0.104. The second-order valence-electron chi connectivity index (χ2n) is 20.7. The first-order valence-electron chi connectivity index (χ1n) is 28.8. The minimum Gasteiger partial charge on any atom is -0.409 e. The Balaban J connectivity index is 0.000000169. The molecule has 6 aromatic carbocycles. The summed E-state index contributed by atoms with van der Waals surface area (Å²) in [5.74, 6) is -0.818. The molecule has 0 saturated carbocycles. The lowest BCUT2D eigenvalue weighted by atomic mass is 10.1. The Labute approximate surface area is 586 Å². The van der Waals surface area contributed by atoms with Crippen LogP contribution in [0.15, 0.2) is 196 Å². The number of nitrogens with zero attached hydrogens (tertiary/aromatic N) is 6. The van der Waals surface area contributed by atoms with Crippen molar-refractivity contribution in [1.82, 2.24) is 24.8 Å². The maximum Gasteiger partial charge on any atom is 0.258 e. The van der Waals surface area contributed by atoms with E-state index in [4.69, 9.17) is 72.9 Å². The molecule has 2 fully saturated rings. The molecule has 0 unspecified atom stereocenters. The largest absolute Gasteiger partial charge is 0.409 e. The maximum absolute atomic E-state index is 12.9. The summed E-state index contributed by atoms with van der Waals surface area (Å²) >= 11 is 30.6. The smallest absolute Gasteiger partial charge is 0.258 e. The summed E-state index contributed by atoms with van der Waals surface area (Å²) in [6, 6.07) is 43.5. The number of oxime groups is 1. The molecule has 0 radical (unpaired) electrons. The number of rotatable bonds is 15. The van der Waals surface area contributed by atoms with Gasteiger partial charge in [-0.15, -0.1) is 0 Å². The maximum atomic E-state index is 12.9. The lowest BCUT2D eigenvalue weighted by Crippen LogP contribution is -2.42. The van der Waals surface area contributed by atoms with Crippen LogP contribution < -0.4 is 37.6 Å². The van der Waals surface area contributed by atoms with Crippen LogP contribution in [-0.2, 0) is 4.74 Å². The first-order chi connectivity index (χ1) is 46.2. The van der Waals surface area contributed by atoms with Gasteiger partial charge in [0.15, 0.2) is 5.84 Å². The number of amidine groups is 3. The molecular formula is C67H55Br2Cl4N15O8. The fourth-order valence-corrected chi connectivity index (χ4v) is 10.1. The van der Waals surface area contributed by atoms with Crippen LogP contribution in [0.1, 0.15) is 85.3 Å². The van der Waals surface area contributed by atoms with Crippen LogP contribution in [0.25, 0.3) is 0 Å². The standard InChI is InChI=1S/C24H21BrClN5O3.C23H19Cl2N5O2.C20H15BrClN5O3/c25-17-5-8-21(28-14-17)30-24(33)19-13-18(26)6-7-20(19)29-23(32)16-3-1-15(2-4-16)22(27)31-9-11-34-12-10-31;24-16-6-8-19(18(12-16)23(32)29-20-9-7-17(25)13-27-20)28-22(31)15-4-2-14(3-5-15)21(26)30-10-1-11-30;21-13-5-8-17(24-10-13)26-20(29)15-9-14(22)6-7-16(15)25-19(28)12-3-1-11(2-4-12)18(23)27-30/h1-8,13-14,27H,9-12H2,(H,29,32)(H,28,30,33);2-9,12-13,26H,1,10-11H2,(H,28,31)(H,27,29,32);1-10,30H,(H2,23,27)(H,25,28)(H,24,26,29). The fourth-order valence-electron chi connectivity index (χ4n) is 9.02. The number of benzene rings is 6. The minimum absolute atomic E-state index is 0.0693. The average molecular weight is 1500 g/mol. The van der Waals surface area contributed by atoms with Gasteiger partial charge in [0.1, 0.15) is 29.1 Å². The van der Waals surface area contributed by atoms with E-state index in [9.17, 15) is 28.8 Å². The van der Waals surface area contributed by atoms with E-state index < -0.39 is 23.6 Å². The van der Waals surface area contributed by atoms with Gasteiger partial charge in [-0.1, -0.05) is 88.0 Å². The number of likely N-dealkylation sites (tertiary alicyclic amines) is 1. The Bertz CT molecular complexity index is 4400. The SMILES string of the molecule is N=C(c1ccc(C(=O)Nc2ccc(Cl)cc2C(=O)Nc2ccc(Br)cn2)cc1)N1CCOCC1.N=C(c1ccc(C(=O)Nc2ccc(Cl)cc2C(=O)Nc2ccc(Cl)cn2)cc1)N1CCC1.NC(=NO)c1ccc(C(=O)Nc2ccc(Cl)cc2C(=O)Nc2ccc(Br)cn2)cc1. The summed E-state index contributed by atoms with van der Waals surface area (Å²) in [6.07, 6.45) is 5.63. The van der Waals surface area contributed by atoms with Crippen molar-refractivity contribution < 1.29 is 38.7 Å². The second kappa shape index (κ2) is 33.3. The van der Waals surface area contributed by atoms with Gasteiger partial charge in [-0.05, 0) is 166 Å². The number of hydrogen-bond donors (Lipinski definition) is 10. The van der Waals surface area contributed by atoms with Crippen LogP contribution in [0.3, 0.4) is 0 Å². The minimum atomic E-state index is -0.482. The summed E-state index contributed by atoms with van der Waals surface area (Å²) in [5.41, 5.74) is 10.0. The number of pyridine rings is 3. The Morgan fingerprint density at radius 1 is 0.427 bits per heavy atom. The zero-order chi connectivity index (χ0) is 68.4. The molecule has 96 heavy (non-hydrogen) atoms. The molecule has 11 N–H and O–H groups in total. The first-order valence-corrected chi connectivity index (χ1v) is 31.9. The number of carbonyl (C=O) groups excluding carboxylic acids is 6. The van der Waals surface area contributed by atoms with Crippen molar-refractivity contribution in [3.8, 4) is 0 Å². The molecule has 11 rings (SSSR count). The molecule has 9 aromatic rings. The topological polar surface area (TPSA) is 335 Å². The summed E-state index contributed by atoms with van der Waals surface area (Å²) in [4.78, 5) is 92.8. The molecule has 3 aromatic heterocycles. The number of halogens is 6. The molecule has 29 heteroatoms. The molecule has 6 amide bonds. The van der Waals surface area contributed by atoms with Gasteiger partial charge in [0.2, 0.25) is 0 Å².